The first-order valence-corrected chi connectivity index (χ1v) is 9.18. The molecular weight excluding hydrogens is 358 g/mol. The number of benzene rings is 2. The van der Waals surface area contributed by atoms with Crippen molar-refractivity contribution in [2.24, 2.45) is 5.73 Å². The van der Waals surface area contributed by atoms with E-state index in [2.05, 4.69) is 5.32 Å². The molecule has 2 amide bonds. The van der Waals surface area contributed by atoms with Crippen molar-refractivity contribution in [1.82, 2.24) is 5.32 Å². The summed E-state index contributed by atoms with van der Waals surface area (Å²) in [5, 5.41) is 2.46. The Hall–Kier alpha value is -3.07. The molecule has 1 aliphatic heterocycles. The van der Waals surface area contributed by atoms with E-state index in [9.17, 15) is 18.0 Å². The first-order chi connectivity index (χ1) is 12.3. The number of sulfonamides is 1. The first kappa shape index (κ1) is 17.7. The Labute approximate surface area is 150 Å². The van der Waals surface area contributed by atoms with Crippen LogP contribution in [0.3, 0.4) is 0 Å². The first-order valence-electron chi connectivity index (χ1n) is 7.74. The molecule has 1 atom stereocenters. The lowest BCUT2D eigenvalue weighted by atomic mass is 10.2. The lowest BCUT2D eigenvalue weighted by Gasteiger charge is -2.34. The minimum absolute atomic E-state index is 0.0186. The van der Waals surface area contributed by atoms with Crippen LogP contribution in [0.1, 0.15) is 10.4 Å². The van der Waals surface area contributed by atoms with E-state index in [1.54, 1.807) is 24.3 Å². The fraction of sp³-hybridized carbons (Fsp3) is 0.176. The number of amides is 2. The number of hydrogen-bond acceptors (Lipinski definition) is 5. The van der Waals surface area contributed by atoms with Crippen LogP contribution in [-0.2, 0) is 14.8 Å². The van der Waals surface area contributed by atoms with Crippen molar-refractivity contribution in [3.8, 4) is 5.75 Å². The molecule has 2 aromatic carbocycles. The average Bonchev–Trinajstić information content (AvgIpc) is 2.66. The van der Waals surface area contributed by atoms with Crippen molar-refractivity contribution >= 4 is 27.5 Å². The van der Waals surface area contributed by atoms with E-state index < -0.39 is 27.9 Å². The summed E-state index contributed by atoms with van der Waals surface area (Å²) in [7, 11) is -2.52. The van der Waals surface area contributed by atoms with Crippen LogP contribution in [0.25, 0.3) is 0 Å². The Morgan fingerprint density at radius 3 is 2.42 bits per heavy atom. The number of carbonyl (C=O) groups excluding carboxylic acids is 2. The molecule has 1 heterocycles. The quantitative estimate of drug-likeness (QED) is 0.806. The van der Waals surface area contributed by atoms with Crippen molar-refractivity contribution < 1.29 is 22.7 Å². The van der Waals surface area contributed by atoms with Gasteiger partial charge in [-0.1, -0.05) is 12.1 Å². The van der Waals surface area contributed by atoms with Gasteiger partial charge in [0.15, 0.2) is 6.10 Å². The molecule has 136 valence electrons. The molecule has 1 unspecified atom stereocenters. The Bertz CT molecular complexity index is 957. The largest absolute Gasteiger partial charge is 0.476 e. The number of nitrogens with zero attached hydrogens (tertiary/aromatic N) is 1. The molecule has 0 radical (unpaired) electrons. The Kier molecular flexibility index (Phi) is 4.56. The summed E-state index contributed by atoms with van der Waals surface area (Å²) in [6, 6.07) is 11.9. The topological polar surface area (TPSA) is 119 Å². The zero-order valence-corrected chi connectivity index (χ0v) is 14.7. The number of likely N-dealkylation sites (N-methyl/N-ethyl adjacent to an activating group) is 1. The number of carbonyl (C=O) groups is 2. The molecule has 0 saturated carbocycles. The van der Waals surface area contributed by atoms with Crippen LogP contribution >= 0.6 is 0 Å². The average molecular weight is 375 g/mol. The number of fused-ring (bicyclic) bond motifs is 1. The van der Waals surface area contributed by atoms with Crippen LogP contribution in [-0.4, -0.2) is 39.9 Å². The molecule has 9 heteroatoms. The second-order valence-corrected chi connectivity index (χ2v) is 7.48. The highest BCUT2D eigenvalue weighted by Crippen LogP contribution is 2.36. The van der Waals surface area contributed by atoms with Crippen LogP contribution in [0.15, 0.2) is 53.4 Å². The maximum Gasteiger partial charge on any atom is 0.264 e. The van der Waals surface area contributed by atoms with Gasteiger partial charge in [-0.3, -0.25) is 13.9 Å². The van der Waals surface area contributed by atoms with Crippen molar-refractivity contribution in [1.29, 1.82) is 0 Å². The molecule has 0 fully saturated rings. The van der Waals surface area contributed by atoms with Gasteiger partial charge in [0.2, 0.25) is 5.91 Å². The van der Waals surface area contributed by atoms with Crippen LogP contribution in [0, 0.1) is 0 Å². The summed E-state index contributed by atoms with van der Waals surface area (Å²) in [5.41, 5.74) is 5.73. The van der Waals surface area contributed by atoms with E-state index in [0.29, 0.717) is 11.4 Å². The standard InChI is InChI=1S/C17H17N3O5S/c1-19-17(22)15-10-20(13-4-2-3-5-14(13)25-15)26(23,24)12-8-6-11(7-9-12)16(18)21/h2-9,15H,10H2,1H3,(H2,18,21)(H,19,22). The van der Waals surface area contributed by atoms with Crippen LogP contribution in [0.4, 0.5) is 5.69 Å². The maximum absolute atomic E-state index is 13.1. The Balaban J connectivity index is 2.04. The van der Waals surface area contributed by atoms with Gasteiger partial charge in [-0.2, -0.15) is 0 Å². The van der Waals surface area contributed by atoms with Crippen molar-refractivity contribution in [2.45, 2.75) is 11.0 Å². The number of hydrogen-bond donors (Lipinski definition) is 2. The van der Waals surface area contributed by atoms with Gasteiger partial charge in [-0.05, 0) is 36.4 Å². The monoisotopic (exact) mass is 375 g/mol. The third kappa shape index (κ3) is 3.08. The molecule has 26 heavy (non-hydrogen) atoms. The molecule has 1 aliphatic rings. The highest BCUT2D eigenvalue weighted by molar-refractivity contribution is 7.92. The van der Waals surface area contributed by atoms with Gasteiger partial charge in [0, 0.05) is 12.6 Å². The Morgan fingerprint density at radius 1 is 1.15 bits per heavy atom. The number of rotatable bonds is 4. The highest BCUT2D eigenvalue weighted by Gasteiger charge is 2.37. The van der Waals surface area contributed by atoms with E-state index >= 15 is 0 Å². The smallest absolute Gasteiger partial charge is 0.264 e. The number of nitrogens with two attached hydrogens (primary N) is 1. The molecule has 3 N–H and O–H groups in total. The molecule has 0 aliphatic carbocycles. The fourth-order valence-electron chi connectivity index (χ4n) is 2.65. The lowest BCUT2D eigenvalue weighted by Crippen LogP contribution is -2.50. The summed E-state index contributed by atoms with van der Waals surface area (Å²) in [4.78, 5) is 23.2. The van der Waals surface area contributed by atoms with E-state index in [4.69, 9.17) is 10.5 Å². The van der Waals surface area contributed by atoms with Crippen molar-refractivity contribution in [3.63, 3.8) is 0 Å². The van der Waals surface area contributed by atoms with Gasteiger partial charge in [0.25, 0.3) is 15.9 Å². The molecule has 0 bridgehead atoms. The number of primary amides is 1. The summed E-state index contributed by atoms with van der Waals surface area (Å²) < 4.78 is 33.0. The predicted molar refractivity (Wildman–Crippen MR) is 94.4 cm³/mol. The van der Waals surface area contributed by atoms with Gasteiger partial charge in [0.1, 0.15) is 5.75 Å². The second kappa shape index (κ2) is 6.68. The molecule has 2 aromatic rings. The zero-order valence-electron chi connectivity index (χ0n) is 13.9. The van der Waals surface area contributed by atoms with E-state index in [0.717, 1.165) is 4.31 Å². The fourth-order valence-corrected chi connectivity index (χ4v) is 4.12. The summed E-state index contributed by atoms with van der Waals surface area (Å²) >= 11 is 0. The highest BCUT2D eigenvalue weighted by atomic mass is 32.2. The lowest BCUT2D eigenvalue weighted by molar-refractivity contribution is -0.127. The summed E-state index contributed by atoms with van der Waals surface area (Å²) in [6.45, 7) is -0.170. The number of anilines is 1. The van der Waals surface area contributed by atoms with Crippen LogP contribution in [0.5, 0.6) is 5.75 Å². The molecule has 3 rings (SSSR count). The van der Waals surface area contributed by atoms with Gasteiger partial charge in [-0.25, -0.2) is 8.42 Å². The molecule has 0 spiro atoms. The zero-order chi connectivity index (χ0) is 18.9. The third-order valence-corrected chi connectivity index (χ3v) is 5.79. The number of para-hydroxylation sites is 2. The van der Waals surface area contributed by atoms with Gasteiger partial charge >= 0.3 is 0 Å². The Morgan fingerprint density at radius 2 is 1.81 bits per heavy atom. The summed E-state index contributed by atoms with van der Waals surface area (Å²) in [5.74, 6) is -0.779. The van der Waals surface area contributed by atoms with Crippen molar-refractivity contribution in [3.05, 3.63) is 54.1 Å². The van der Waals surface area contributed by atoms with Crippen molar-refractivity contribution in [2.75, 3.05) is 17.9 Å². The normalized spacial score (nSPS) is 16.3. The van der Waals surface area contributed by atoms with E-state index in [1.165, 1.54) is 31.3 Å². The second-order valence-electron chi connectivity index (χ2n) is 5.61. The SMILES string of the molecule is CNC(=O)C1CN(S(=O)(=O)c2ccc(C(N)=O)cc2)c2ccccc2O1. The molecular formula is C17H17N3O5S. The molecule has 0 aromatic heterocycles. The third-order valence-electron chi connectivity index (χ3n) is 4.00. The van der Waals surface area contributed by atoms with Gasteiger partial charge in [0.05, 0.1) is 17.1 Å². The number of ether oxygens (including phenoxy) is 1. The molecule has 8 nitrogen and oxygen atoms in total. The van der Waals surface area contributed by atoms with Crippen LogP contribution in [0.2, 0.25) is 0 Å². The number of nitrogens with one attached hydrogen (secondary N) is 1. The minimum atomic E-state index is -3.97. The van der Waals surface area contributed by atoms with Gasteiger partial charge < -0.3 is 15.8 Å². The van der Waals surface area contributed by atoms with Crippen LogP contribution < -0.4 is 20.1 Å². The summed E-state index contributed by atoms with van der Waals surface area (Å²) in [6.07, 6.45) is -0.977. The van der Waals surface area contributed by atoms with E-state index in [-0.39, 0.29) is 17.0 Å². The van der Waals surface area contributed by atoms with E-state index in [1.807, 2.05) is 0 Å². The maximum atomic E-state index is 13.1. The minimum Gasteiger partial charge on any atom is -0.476 e. The predicted octanol–water partition coefficient (Wildman–Crippen LogP) is 0.488. The van der Waals surface area contributed by atoms with Gasteiger partial charge in [-0.15, -0.1) is 0 Å². The molecule has 0 saturated heterocycles.